The zero-order chi connectivity index (χ0) is 31.3. The lowest BCUT2D eigenvalue weighted by Gasteiger charge is -2.38. The average molecular weight is 676 g/mol. The van der Waals surface area contributed by atoms with Crippen molar-refractivity contribution in [3.8, 4) is 0 Å². The predicted octanol–water partition coefficient (Wildman–Crippen LogP) is 4.71. The molecule has 1 N–H and O–H groups in total. The van der Waals surface area contributed by atoms with E-state index in [2.05, 4.69) is 47.8 Å². The number of hydrogen-bond acceptors (Lipinski definition) is 6. The largest absolute Gasteiger partial charge is 0.396 e. The Labute approximate surface area is 269 Å². The van der Waals surface area contributed by atoms with Gasteiger partial charge in [-0.25, -0.2) is 0 Å². The molecule has 1 aromatic carbocycles. The van der Waals surface area contributed by atoms with Crippen molar-refractivity contribution in [2.24, 2.45) is 11.8 Å². The number of likely N-dealkylation sites (tertiary alicyclic amines) is 1. The van der Waals surface area contributed by atoms with E-state index in [0.717, 1.165) is 30.9 Å². The van der Waals surface area contributed by atoms with Gasteiger partial charge in [0.15, 0.2) is 0 Å². The minimum Gasteiger partial charge on any atom is -0.396 e. The third kappa shape index (κ3) is 6.16. The standard InChI is InChI=1S/C33H47BrN4O4S/c1-6-17-36(18-7-2)30(40)26-27-31(41)38(20-11-12-21-39)29(33(27)22-25(34)28(26)43-33)32(42)37(19-8-3)24-15-13-23(14-16-24)35(9-4)10-5/h6,8,13-16,25-29,39H,1,3,7,9-12,17-22H2,2,4-5H3/t25?,26-,27+,28-,29?,33?/m1/s1. The first-order valence-electron chi connectivity index (χ1n) is 15.6. The number of rotatable bonds is 16. The van der Waals surface area contributed by atoms with E-state index in [9.17, 15) is 19.5 Å². The van der Waals surface area contributed by atoms with Crippen LogP contribution in [0.2, 0.25) is 0 Å². The number of hydrogen-bond donors (Lipinski definition) is 1. The van der Waals surface area contributed by atoms with Gasteiger partial charge in [-0.1, -0.05) is 35.0 Å². The van der Waals surface area contributed by atoms with Crippen LogP contribution in [0.15, 0.2) is 49.6 Å². The summed E-state index contributed by atoms with van der Waals surface area (Å²) in [7, 11) is 0. The van der Waals surface area contributed by atoms with Crippen LogP contribution in [0.5, 0.6) is 0 Å². The number of nitrogens with zero attached hydrogens (tertiary/aromatic N) is 4. The smallest absolute Gasteiger partial charge is 0.251 e. The summed E-state index contributed by atoms with van der Waals surface area (Å²) >= 11 is 5.53. The van der Waals surface area contributed by atoms with Gasteiger partial charge < -0.3 is 24.7 Å². The highest BCUT2D eigenvalue weighted by atomic mass is 79.9. The highest BCUT2D eigenvalue weighted by Crippen LogP contribution is 2.68. The molecule has 0 radical (unpaired) electrons. The van der Waals surface area contributed by atoms with E-state index in [0.29, 0.717) is 45.4 Å². The van der Waals surface area contributed by atoms with Crippen LogP contribution in [0.1, 0.15) is 46.5 Å². The Morgan fingerprint density at radius 2 is 1.72 bits per heavy atom. The summed E-state index contributed by atoms with van der Waals surface area (Å²) in [4.78, 5) is 50.8. The maximum absolute atomic E-state index is 14.8. The number of aliphatic hydroxyl groups excluding tert-OH is 1. The van der Waals surface area contributed by atoms with E-state index in [4.69, 9.17) is 0 Å². The van der Waals surface area contributed by atoms with Gasteiger partial charge in [-0.05, 0) is 63.8 Å². The number of alkyl halides is 1. The third-order valence-electron chi connectivity index (χ3n) is 9.14. The summed E-state index contributed by atoms with van der Waals surface area (Å²) in [5, 5.41) is 9.40. The van der Waals surface area contributed by atoms with Crippen LogP contribution < -0.4 is 9.80 Å². The zero-order valence-corrected chi connectivity index (χ0v) is 28.2. The molecule has 1 aromatic rings. The second kappa shape index (κ2) is 14.7. The highest BCUT2D eigenvalue weighted by Gasteiger charge is 2.76. The van der Waals surface area contributed by atoms with Gasteiger partial charge in [0, 0.05) is 67.3 Å². The van der Waals surface area contributed by atoms with E-state index in [1.807, 2.05) is 36.1 Å². The van der Waals surface area contributed by atoms with Crippen molar-refractivity contribution in [2.75, 3.05) is 55.7 Å². The van der Waals surface area contributed by atoms with Gasteiger partial charge in [0.05, 0.1) is 16.6 Å². The van der Waals surface area contributed by atoms with Crippen LogP contribution >= 0.6 is 27.7 Å². The van der Waals surface area contributed by atoms with Crippen molar-refractivity contribution >= 4 is 56.8 Å². The number of fused-ring (bicyclic) bond motifs is 1. The summed E-state index contributed by atoms with van der Waals surface area (Å²) in [6, 6.07) is 7.28. The molecule has 3 aliphatic rings. The highest BCUT2D eigenvalue weighted by molar-refractivity contribution is 9.09. The number of halogens is 1. The van der Waals surface area contributed by atoms with Crippen molar-refractivity contribution in [2.45, 2.75) is 67.3 Å². The van der Waals surface area contributed by atoms with Crippen LogP contribution in [0.25, 0.3) is 0 Å². The fourth-order valence-electron chi connectivity index (χ4n) is 7.29. The number of anilines is 2. The quantitative estimate of drug-likeness (QED) is 0.155. The van der Waals surface area contributed by atoms with Gasteiger partial charge in [-0.2, -0.15) is 0 Å². The molecule has 10 heteroatoms. The van der Waals surface area contributed by atoms with Gasteiger partial charge in [0.25, 0.3) is 5.91 Å². The van der Waals surface area contributed by atoms with E-state index in [1.165, 1.54) is 0 Å². The summed E-state index contributed by atoms with van der Waals surface area (Å²) in [5.41, 5.74) is 1.84. The molecule has 0 saturated carbocycles. The van der Waals surface area contributed by atoms with Crippen LogP contribution in [0.4, 0.5) is 11.4 Å². The van der Waals surface area contributed by atoms with Gasteiger partial charge in [0.2, 0.25) is 11.8 Å². The van der Waals surface area contributed by atoms with Crippen molar-refractivity contribution in [1.82, 2.24) is 9.80 Å². The Morgan fingerprint density at radius 1 is 1.07 bits per heavy atom. The molecular weight excluding hydrogens is 628 g/mol. The molecule has 3 unspecified atom stereocenters. The SMILES string of the molecule is C=CCN(CCC)C(=O)[C@H]1[C@@H]2SC3(CC2Br)C(C(=O)N(CC=C)c2ccc(N(CC)CC)cc2)N(CCCCO)C(=O)[C@H]13. The number of benzene rings is 1. The Hall–Kier alpha value is -2.30. The molecule has 3 amide bonds. The first-order chi connectivity index (χ1) is 20.7. The Balaban J connectivity index is 1.75. The number of amides is 3. The zero-order valence-electron chi connectivity index (χ0n) is 25.8. The minimum absolute atomic E-state index is 0.0107. The molecule has 3 saturated heterocycles. The van der Waals surface area contributed by atoms with E-state index >= 15 is 0 Å². The molecule has 4 rings (SSSR count). The fourth-order valence-corrected chi connectivity index (χ4v) is 10.9. The molecule has 0 aromatic heterocycles. The number of unbranched alkanes of at least 4 members (excludes halogenated alkanes) is 1. The van der Waals surface area contributed by atoms with E-state index in [-0.39, 0.29) is 34.4 Å². The lowest BCUT2D eigenvalue weighted by atomic mass is 9.70. The molecule has 3 fully saturated rings. The maximum atomic E-state index is 14.8. The Kier molecular flexibility index (Phi) is 11.4. The van der Waals surface area contributed by atoms with Crippen molar-refractivity contribution in [3.63, 3.8) is 0 Å². The van der Waals surface area contributed by atoms with Crippen LogP contribution in [0, 0.1) is 11.8 Å². The predicted molar refractivity (Wildman–Crippen MR) is 180 cm³/mol. The van der Waals surface area contributed by atoms with Gasteiger partial charge in [0.1, 0.15) is 6.04 Å². The number of carbonyl (C=O) groups is 3. The molecule has 0 aliphatic carbocycles. The molecule has 3 aliphatic heterocycles. The summed E-state index contributed by atoms with van der Waals surface area (Å²) in [5.74, 6) is -1.38. The number of carbonyl (C=O) groups excluding carboxylic acids is 3. The average Bonchev–Trinajstić information content (AvgIpc) is 3.59. The first kappa shape index (κ1) is 33.6. The number of thioether (sulfide) groups is 1. The molecule has 3 heterocycles. The monoisotopic (exact) mass is 674 g/mol. The maximum Gasteiger partial charge on any atom is 0.251 e. The van der Waals surface area contributed by atoms with Crippen molar-refractivity contribution in [3.05, 3.63) is 49.6 Å². The molecular formula is C33H47BrN4O4S. The van der Waals surface area contributed by atoms with Gasteiger partial charge >= 0.3 is 0 Å². The van der Waals surface area contributed by atoms with Crippen LogP contribution in [0.3, 0.4) is 0 Å². The summed E-state index contributed by atoms with van der Waals surface area (Å²) in [6.45, 7) is 17.5. The lowest BCUT2D eigenvalue weighted by Crippen LogP contribution is -2.56. The number of aliphatic hydroxyl groups is 1. The fraction of sp³-hybridized carbons (Fsp3) is 0.606. The Morgan fingerprint density at radius 3 is 2.30 bits per heavy atom. The van der Waals surface area contributed by atoms with Crippen molar-refractivity contribution in [1.29, 1.82) is 0 Å². The van der Waals surface area contributed by atoms with E-state index < -0.39 is 22.6 Å². The molecule has 236 valence electrons. The van der Waals surface area contributed by atoms with Crippen molar-refractivity contribution < 1.29 is 19.5 Å². The minimum atomic E-state index is -0.724. The second-order valence-corrected chi connectivity index (χ2v) is 14.3. The molecule has 8 nitrogen and oxygen atoms in total. The topological polar surface area (TPSA) is 84.4 Å². The molecule has 6 atom stereocenters. The summed E-state index contributed by atoms with van der Waals surface area (Å²) < 4.78 is -0.723. The Bertz CT molecular complexity index is 1180. The molecule has 1 spiro atoms. The lowest BCUT2D eigenvalue weighted by molar-refractivity contribution is -0.143. The molecule has 2 bridgehead atoms. The second-order valence-electron chi connectivity index (χ2n) is 11.6. The molecule has 43 heavy (non-hydrogen) atoms. The van der Waals surface area contributed by atoms with E-state index in [1.54, 1.807) is 33.7 Å². The van der Waals surface area contributed by atoms with Crippen LogP contribution in [-0.4, -0.2) is 99.4 Å². The van der Waals surface area contributed by atoms with Crippen LogP contribution in [-0.2, 0) is 14.4 Å². The first-order valence-corrected chi connectivity index (χ1v) is 17.4. The summed E-state index contributed by atoms with van der Waals surface area (Å²) in [6.07, 6.45) is 6.01. The third-order valence-corrected chi connectivity index (χ3v) is 12.4. The normalized spacial score (nSPS) is 27.2. The van der Waals surface area contributed by atoms with Gasteiger partial charge in [-0.15, -0.1) is 24.9 Å². The van der Waals surface area contributed by atoms with Gasteiger partial charge in [-0.3, -0.25) is 14.4 Å².